The van der Waals surface area contributed by atoms with Crippen molar-refractivity contribution < 1.29 is 9.53 Å². The van der Waals surface area contributed by atoms with Crippen LogP contribution in [0.5, 0.6) is 0 Å². The van der Waals surface area contributed by atoms with Gasteiger partial charge in [-0.1, -0.05) is 26.7 Å². The average molecular weight is 294 g/mol. The van der Waals surface area contributed by atoms with Crippen molar-refractivity contribution in [3.05, 3.63) is 11.6 Å². The molecule has 2 rings (SSSR count). The van der Waals surface area contributed by atoms with Crippen molar-refractivity contribution in [2.75, 3.05) is 0 Å². The molecule has 0 radical (unpaired) electrons. The van der Waals surface area contributed by atoms with Crippen LogP contribution >= 0.6 is 0 Å². The smallest absolute Gasteiger partial charge is 0.249 e. The summed E-state index contributed by atoms with van der Waals surface area (Å²) >= 11 is 0. The number of carbonyl (C=O) groups excluding carboxylic acids is 1. The Labute approximate surface area is 126 Å². The second kappa shape index (κ2) is 7.54. The number of amides is 1. The highest BCUT2D eigenvalue weighted by molar-refractivity contribution is 5.80. The molecule has 1 amide bonds. The number of nitrogens with one attached hydrogen (secondary N) is 2. The topological polar surface area (TPSA) is 79.9 Å². The lowest BCUT2D eigenvalue weighted by Crippen LogP contribution is -2.39. The number of carbonyl (C=O) groups is 1. The molecule has 0 spiro atoms. The third-order valence-electron chi connectivity index (χ3n) is 3.97. The van der Waals surface area contributed by atoms with Gasteiger partial charge in [0.1, 0.15) is 11.9 Å². The molecule has 2 N–H and O–H groups in total. The molecule has 1 aliphatic carbocycles. The molecule has 1 aliphatic rings. The lowest BCUT2D eigenvalue weighted by atomic mass is 9.88. The number of hydrogen-bond acceptors (Lipinski definition) is 4. The maximum Gasteiger partial charge on any atom is 0.249 e. The first kappa shape index (κ1) is 15.9. The summed E-state index contributed by atoms with van der Waals surface area (Å²) in [4.78, 5) is 16.4. The van der Waals surface area contributed by atoms with Crippen molar-refractivity contribution >= 4 is 5.91 Å². The van der Waals surface area contributed by atoms with Crippen LogP contribution in [0.4, 0.5) is 0 Å². The lowest BCUT2D eigenvalue weighted by Gasteiger charge is -2.29. The van der Waals surface area contributed by atoms with Crippen LogP contribution in [0.25, 0.3) is 0 Å². The van der Waals surface area contributed by atoms with Gasteiger partial charge in [0.15, 0.2) is 5.82 Å². The van der Waals surface area contributed by atoms with Gasteiger partial charge in [-0.25, -0.2) is 4.98 Å². The highest BCUT2D eigenvalue weighted by Crippen LogP contribution is 2.26. The van der Waals surface area contributed by atoms with E-state index in [9.17, 15) is 4.79 Å². The molecule has 6 nitrogen and oxygen atoms in total. The molecule has 0 bridgehead atoms. The zero-order valence-electron chi connectivity index (χ0n) is 13.2. The van der Waals surface area contributed by atoms with Gasteiger partial charge < -0.3 is 10.1 Å². The van der Waals surface area contributed by atoms with Crippen molar-refractivity contribution in [2.24, 2.45) is 5.92 Å². The summed E-state index contributed by atoms with van der Waals surface area (Å²) in [5.74, 6) is 1.97. The van der Waals surface area contributed by atoms with Crippen LogP contribution in [0.3, 0.4) is 0 Å². The maximum atomic E-state index is 12.2. The summed E-state index contributed by atoms with van der Waals surface area (Å²) < 4.78 is 6.01. The maximum absolute atomic E-state index is 12.2. The van der Waals surface area contributed by atoms with E-state index in [1.807, 2.05) is 13.8 Å². The molecule has 0 aromatic carbocycles. The van der Waals surface area contributed by atoms with Crippen molar-refractivity contribution in [2.45, 2.75) is 71.6 Å². The molecule has 3 atom stereocenters. The van der Waals surface area contributed by atoms with Crippen molar-refractivity contribution in [1.82, 2.24) is 20.5 Å². The van der Waals surface area contributed by atoms with E-state index in [1.54, 1.807) is 0 Å². The summed E-state index contributed by atoms with van der Waals surface area (Å²) in [6, 6.07) is 0. The largest absolute Gasteiger partial charge is 0.365 e. The molecule has 1 aromatic heterocycles. The lowest BCUT2D eigenvalue weighted by molar-refractivity contribution is -0.139. The van der Waals surface area contributed by atoms with Gasteiger partial charge in [0.25, 0.3) is 0 Å². The quantitative estimate of drug-likeness (QED) is 0.842. The van der Waals surface area contributed by atoms with E-state index in [1.165, 1.54) is 12.8 Å². The Morgan fingerprint density at radius 3 is 2.95 bits per heavy atom. The van der Waals surface area contributed by atoms with Gasteiger partial charge in [-0.15, -0.1) is 0 Å². The minimum Gasteiger partial charge on any atom is -0.365 e. The Balaban J connectivity index is 1.80. The molecule has 21 heavy (non-hydrogen) atoms. The number of aromatic nitrogens is 3. The first-order valence-corrected chi connectivity index (χ1v) is 7.89. The number of nitrogens with zero attached hydrogens (tertiary/aromatic N) is 2. The highest BCUT2D eigenvalue weighted by atomic mass is 16.5. The van der Waals surface area contributed by atoms with Gasteiger partial charge in [-0.2, -0.15) is 5.10 Å². The minimum atomic E-state index is -0.375. The third kappa shape index (κ3) is 4.81. The van der Waals surface area contributed by atoms with Crippen LogP contribution in [0.15, 0.2) is 0 Å². The predicted octanol–water partition coefficient (Wildman–Crippen LogP) is 2.10. The number of aromatic amines is 1. The molecule has 0 aliphatic heterocycles. The predicted molar refractivity (Wildman–Crippen MR) is 79.6 cm³/mol. The molecule has 1 saturated carbocycles. The van der Waals surface area contributed by atoms with Gasteiger partial charge >= 0.3 is 0 Å². The summed E-state index contributed by atoms with van der Waals surface area (Å²) in [5.41, 5.74) is 0. The van der Waals surface area contributed by atoms with E-state index in [4.69, 9.17) is 4.74 Å². The van der Waals surface area contributed by atoms with E-state index in [2.05, 4.69) is 27.4 Å². The summed E-state index contributed by atoms with van der Waals surface area (Å²) in [5, 5.41) is 9.62. The normalized spacial score (nSPS) is 23.8. The Bertz CT molecular complexity index is 460. The van der Waals surface area contributed by atoms with Crippen molar-refractivity contribution in [1.29, 1.82) is 0 Å². The monoisotopic (exact) mass is 294 g/mol. The van der Waals surface area contributed by atoms with Crippen LogP contribution in [-0.2, 0) is 16.1 Å². The van der Waals surface area contributed by atoms with Gasteiger partial charge in [0.2, 0.25) is 5.91 Å². The number of hydrogen-bond donors (Lipinski definition) is 2. The number of ether oxygens (including phenoxy) is 1. The molecule has 1 fully saturated rings. The fraction of sp³-hybridized carbons (Fsp3) is 0.800. The molecule has 1 aromatic rings. The molecule has 6 heteroatoms. The first-order chi connectivity index (χ1) is 10.1. The SMILES string of the molecule is CC[C@H](O[C@H]1CCC[C@@H](C)C1)C(=O)NCc1n[nH]c(C)n1. The van der Waals surface area contributed by atoms with E-state index in [0.717, 1.165) is 18.7 Å². The van der Waals surface area contributed by atoms with Crippen molar-refractivity contribution in [3.8, 4) is 0 Å². The zero-order chi connectivity index (χ0) is 15.2. The third-order valence-corrected chi connectivity index (χ3v) is 3.97. The number of aryl methyl sites for hydroxylation is 1. The Morgan fingerprint density at radius 2 is 2.33 bits per heavy atom. The average Bonchev–Trinajstić information content (AvgIpc) is 2.88. The summed E-state index contributed by atoms with van der Waals surface area (Å²) in [6.45, 7) is 6.40. The van der Waals surface area contributed by atoms with Gasteiger partial charge in [0.05, 0.1) is 12.6 Å². The van der Waals surface area contributed by atoms with Crippen LogP contribution in [0, 0.1) is 12.8 Å². The van der Waals surface area contributed by atoms with E-state index in [0.29, 0.717) is 24.7 Å². The fourth-order valence-electron chi connectivity index (χ4n) is 2.83. The van der Waals surface area contributed by atoms with Gasteiger partial charge in [-0.05, 0) is 32.1 Å². The van der Waals surface area contributed by atoms with E-state index in [-0.39, 0.29) is 18.1 Å². The summed E-state index contributed by atoms with van der Waals surface area (Å²) in [7, 11) is 0. The second-order valence-corrected chi connectivity index (χ2v) is 5.98. The van der Waals surface area contributed by atoms with Crippen molar-refractivity contribution in [3.63, 3.8) is 0 Å². The van der Waals surface area contributed by atoms with E-state index < -0.39 is 0 Å². The Kier molecular flexibility index (Phi) is 5.73. The Morgan fingerprint density at radius 1 is 1.52 bits per heavy atom. The van der Waals surface area contributed by atoms with Crippen LogP contribution in [-0.4, -0.2) is 33.3 Å². The molecule has 1 heterocycles. The van der Waals surface area contributed by atoms with Crippen LogP contribution in [0.1, 0.15) is 57.6 Å². The van der Waals surface area contributed by atoms with Crippen LogP contribution in [0.2, 0.25) is 0 Å². The highest BCUT2D eigenvalue weighted by Gasteiger charge is 2.25. The zero-order valence-corrected chi connectivity index (χ0v) is 13.2. The minimum absolute atomic E-state index is 0.0711. The van der Waals surface area contributed by atoms with Gasteiger partial charge in [-0.3, -0.25) is 9.89 Å². The van der Waals surface area contributed by atoms with Gasteiger partial charge in [0, 0.05) is 0 Å². The first-order valence-electron chi connectivity index (χ1n) is 7.89. The van der Waals surface area contributed by atoms with Crippen LogP contribution < -0.4 is 5.32 Å². The molecule has 0 saturated heterocycles. The second-order valence-electron chi connectivity index (χ2n) is 5.98. The molecular formula is C15H26N4O2. The molecule has 118 valence electrons. The number of rotatable bonds is 6. The summed E-state index contributed by atoms with van der Waals surface area (Å²) in [6.07, 6.45) is 5.12. The Hall–Kier alpha value is -1.43. The van der Waals surface area contributed by atoms with E-state index >= 15 is 0 Å². The standard InChI is InChI=1S/C15H26N4O2/c1-4-13(21-12-7-5-6-10(2)8-12)15(20)16-9-14-17-11(3)18-19-14/h10,12-13H,4-9H2,1-3H3,(H,16,20)(H,17,18,19)/t10-,12+,13+/m1/s1. The fourth-order valence-corrected chi connectivity index (χ4v) is 2.83. The molecular weight excluding hydrogens is 268 g/mol. The molecule has 0 unspecified atom stereocenters. The number of H-pyrrole nitrogens is 1.